The third-order valence-corrected chi connectivity index (χ3v) is 7.18. The molecule has 2 amide bonds. The molecule has 7 heteroatoms. The van der Waals surface area contributed by atoms with E-state index >= 15 is 0 Å². The number of benzene rings is 2. The number of nitrogens with zero attached hydrogens (tertiary/aromatic N) is 3. The number of anilines is 1. The minimum Gasteiger partial charge on any atom is -0.497 e. The molecule has 1 fully saturated rings. The van der Waals surface area contributed by atoms with Crippen molar-refractivity contribution >= 4 is 40.5 Å². The molecule has 0 N–H and O–H groups in total. The monoisotopic (exact) mass is 491 g/mol. The molecule has 2 unspecified atom stereocenters. The Morgan fingerprint density at radius 2 is 1.71 bits per heavy atom. The number of thioether (sulfide) groups is 1. The number of amidine groups is 1. The van der Waals surface area contributed by atoms with Gasteiger partial charge in [0.05, 0.1) is 18.6 Å². The molecule has 2 atom stereocenters. The van der Waals surface area contributed by atoms with E-state index in [0.717, 1.165) is 47.6 Å². The Hall–Kier alpha value is -3.06. The van der Waals surface area contributed by atoms with Crippen LogP contribution in [0.1, 0.15) is 37.0 Å². The first kappa shape index (κ1) is 25.0. The van der Waals surface area contributed by atoms with E-state index in [1.165, 1.54) is 11.8 Å². The Morgan fingerprint density at radius 1 is 1.09 bits per heavy atom. The number of ether oxygens (including phenoxy) is 1. The largest absolute Gasteiger partial charge is 0.497 e. The first-order valence-corrected chi connectivity index (χ1v) is 13.0. The fourth-order valence-electron chi connectivity index (χ4n) is 4.84. The highest BCUT2D eigenvalue weighted by atomic mass is 32.2. The van der Waals surface area contributed by atoms with Gasteiger partial charge in [0.2, 0.25) is 5.91 Å². The van der Waals surface area contributed by atoms with Gasteiger partial charge in [-0.15, -0.1) is 0 Å². The zero-order chi connectivity index (χ0) is 25.1. The maximum atomic E-state index is 13.5. The molecule has 2 aromatic rings. The number of carbonyl (C=O) groups excluding carboxylic acids is 2. The van der Waals surface area contributed by atoms with Gasteiger partial charge in [0.1, 0.15) is 11.4 Å². The highest BCUT2D eigenvalue weighted by Gasteiger charge is 2.33. The topological polar surface area (TPSA) is 62.2 Å². The lowest BCUT2D eigenvalue weighted by Crippen LogP contribution is -2.43. The molecule has 1 saturated heterocycles. The fourth-order valence-corrected chi connectivity index (χ4v) is 5.76. The summed E-state index contributed by atoms with van der Waals surface area (Å²) in [5, 5.41) is 0.534. The predicted octanol–water partition coefficient (Wildman–Crippen LogP) is 5.29. The number of likely N-dealkylation sites (tertiary alicyclic amines) is 1. The maximum Gasteiger partial charge on any atom is 0.283 e. The standard InChI is InChI=1S/C28H33N3O3S/c1-18-10-19(2)13-23(12-18)31-27(33)25(14-22-6-8-24(34-5)9-7-22)29-28(31)35-17-26(32)30-15-20(3)11-21(4)16-30/h6-10,12-14,20-21H,11,15-17H2,1-5H3/b25-14-. The first-order chi connectivity index (χ1) is 16.7. The van der Waals surface area contributed by atoms with Gasteiger partial charge < -0.3 is 9.64 Å². The summed E-state index contributed by atoms with van der Waals surface area (Å²) in [6.45, 7) is 9.99. The van der Waals surface area contributed by atoms with Crippen molar-refractivity contribution in [2.45, 2.75) is 34.1 Å². The lowest BCUT2D eigenvalue weighted by atomic mass is 9.92. The van der Waals surface area contributed by atoms with Crippen LogP contribution in [0.2, 0.25) is 0 Å². The molecule has 2 heterocycles. The molecule has 0 aliphatic carbocycles. The van der Waals surface area contributed by atoms with Gasteiger partial charge in [-0.1, -0.05) is 43.8 Å². The van der Waals surface area contributed by atoms with E-state index in [4.69, 9.17) is 4.74 Å². The summed E-state index contributed by atoms with van der Waals surface area (Å²) in [7, 11) is 1.62. The van der Waals surface area contributed by atoms with Crippen LogP contribution >= 0.6 is 11.8 Å². The summed E-state index contributed by atoms with van der Waals surface area (Å²) < 4.78 is 5.23. The van der Waals surface area contributed by atoms with Crippen molar-refractivity contribution < 1.29 is 14.3 Å². The number of hydrogen-bond donors (Lipinski definition) is 0. The van der Waals surface area contributed by atoms with Crippen LogP contribution in [0.5, 0.6) is 5.75 Å². The molecule has 2 aliphatic rings. The van der Waals surface area contributed by atoms with Crippen LogP contribution in [-0.4, -0.2) is 47.8 Å². The molecule has 4 rings (SSSR count). The van der Waals surface area contributed by atoms with Crippen LogP contribution in [0.15, 0.2) is 53.2 Å². The Morgan fingerprint density at radius 3 is 2.31 bits per heavy atom. The lowest BCUT2D eigenvalue weighted by Gasteiger charge is -2.35. The van der Waals surface area contributed by atoms with Crippen LogP contribution in [0.3, 0.4) is 0 Å². The zero-order valence-electron chi connectivity index (χ0n) is 21.1. The molecule has 6 nitrogen and oxygen atoms in total. The van der Waals surface area contributed by atoms with Crippen LogP contribution in [-0.2, 0) is 9.59 Å². The zero-order valence-corrected chi connectivity index (χ0v) is 21.9. The Bertz CT molecular complexity index is 1140. The van der Waals surface area contributed by atoms with Crippen molar-refractivity contribution in [1.82, 2.24) is 4.90 Å². The quantitative estimate of drug-likeness (QED) is 0.533. The number of piperidine rings is 1. The number of carbonyl (C=O) groups is 2. The van der Waals surface area contributed by atoms with Gasteiger partial charge in [0.25, 0.3) is 5.91 Å². The van der Waals surface area contributed by atoms with E-state index < -0.39 is 0 Å². The van der Waals surface area contributed by atoms with Crippen molar-refractivity contribution in [3.63, 3.8) is 0 Å². The second-order valence-electron chi connectivity index (χ2n) is 9.72. The molecule has 184 valence electrons. The van der Waals surface area contributed by atoms with Gasteiger partial charge in [0, 0.05) is 13.1 Å². The molecular formula is C28H33N3O3S. The molecule has 0 spiro atoms. The average Bonchev–Trinajstić information content (AvgIpc) is 3.11. The van der Waals surface area contributed by atoms with Crippen molar-refractivity contribution in [1.29, 1.82) is 0 Å². The Balaban J connectivity index is 1.60. The van der Waals surface area contributed by atoms with E-state index in [1.54, 1.807) is 18.1 Å². The maximum absolute atomic E-state index is 13.5. The van der Waals surface area contributed by atoms with Crippen molar-refractivity contribution in [3.05, 3.63) is 64.9 Å². The summed E-state index contributed by atoms with van der Waals surface area (Å²) in [4.78, 5) is 34.8. The van der Waals surface area contributed by atoms with Gasteiger partial charge in [0.15, 0.2) is 5.17 Å². The van der Waals surface area contributed by atoms with Crippen LogP contribution in [0.4, 0.5) is 5.69 Å². The van der Waals surface area contributed by atoms with Crippen LogP contribution in [0, 0.1) is 25.7 Å². The second-order valence-corrected chi connectivity index (χ2v) is 10.7. The molecule has 35 heavy (non-hydrogen) atoms. The molecule has 0 radical (unpaired) electrons. The summed E-state index contributed by atoms with van der Waals surface area (Å²) in [5.41, 5.74) is 4.11. The minimum absolute atomic E-state index is 0.0940. The smallest absolute Gasteiger partial charge is 0.283 e. The first-order valence-electron chi connectivity index (χ1n) is 12.0. The van der Waals surface area contributed by atoms with E-state index in [1.807, 2.05) is 55.1 Å². The van der Waals surface area contributed by atoms with Gasteiger partial charge in [-0.25, -0.2) is 4.99 Å². The van der Waals surface area contributed by atoms with E-state index in [9.17, 15) is 9.59 Å². The second kappa shape index (κ2) is 10.7. The van der Waals surface area contributed by atoms with E-state index in [2.05, 4.69) is 24.9 Å². The van der Waals surface area contributed by atoms with Gasteiger partial charge in [-0.3, -0.25) is 14.5 Å². The van der Waals surface area contributed by atoms with E-state index in [-0.39, 0.29) is 17.6 Å². The summed E-state index contributed by atoms with van der Waals surface area (Å²) in [5.74, 6) is 1.91. The number of aliphatic imine (C=N–C) groups is 1. The fraction of sp³-hybridized carbons (Fsp3) is 0.393. The number of rotatable bonds is 5. The molecule has 0 bridgehead atoms. The lowest BCUT2D eigenvalue weighted by molar-refractivity contribution is -0.131. The normalized spacial score (nSPS) is 21.5. The summed E-state index contributed by atoms with van der Waals surface area (Å²) in [6, 6.07) is 13.5. The highest BCUT2D eigenvalue weighted by Crippen LogP contribution is 2.31. The van der Waals surface area contributed by atoms with Crippen molar-refractivity contribution in [2.75, 3.05) is 30.9 Å². The molecule has 0 aromatic heterocycles. The summed E-state index contributed by atoms with van der Waals surface area (Å²) in [6.07, 6.45) is 2.93. The Kier molecular flexibility index (Phi) is 7.65. The van der Waals surface area contributed by atoms with Gasteiger partial charge in [-0.2, -0.15) is 0 Å². The van der Waals surface area contributed by atoms with Gasteiger partial charge >= 0.3 is 0 Å². The SMILES string of the molecule is COc1ccc(/C=C2\N=C(SCC(=O)N3CC(C)CC(C)C3)N(c3cc(C)cc(C)c3)C2=O)cc1. The van der Waals surface area contributed by atoms with Crippen molar-refractivity contribution in [3.8, 4) is 5.75 Å². The molecule has 0 saturated carbocycles. The molecular weight excluding hydrogens is 458 g/mol. The average molecular weight is 492 g/mol. The summed E-state index contributed by atoms with van der Waals surface area (Å²) >= 11 is 1.33. The number of methoxy groups -OCH3 is 1. The molecule has 2 aliphatic heterocycles. The number of hydrogen-bond acceptors (Lipinski definition) is 5. The van der Waals surface area contributed by atoms with Crippen LogP contribution < -0.4 is 9.64 Å². The third-order valence-electron chi connectivity index (χ3n) is 6.26. The van der Waals surface area contributed by atoms with E-state index in [0.29, 0.717) is 22.7 Å². The van der Waals surface area contributed by atoms with Gasteiger partial charge in [-0.05, 0) is 79.1 Å². The molecule has 2 aromatic carbocycles. The third kappa shape index (κ3) is 5.96. The van der Waals surface area contributed by atoms with Crippen molar-refractivity contribution in [2.24, 2.45) is 16.8 Å². The number of aryl methyl sites for hydroxylation is 2. The highest BCUT2D eigenvalue weighted by molar-refractivity contribution is 8.14. The van der Waals surface area contributed by atoms with Crippen LogP contribution in [0.25, 0.3) is 6.08 Å². The predicted molar refractivity (Wildman–Crippen MR) is 144 cm³/mol. The number of amides is 2. The minimum atomic E-state index is -0.194. The Labute approximate surface area is 212 Å².